The van der Waals surface area contributed by atoms with Crippen molar-refractivity contribution in [1.29, 1.82) is 0 Å². The Labute approximate surface area is 399 Å². The number of para-hydroxylation sites is 4. The molecule has 0 saturated heterocycles. The number of aromatic nitrogens is 4. The molecule has 0 amide bonds. The molecule has 2 aliphatic rings. The molecule has 0 saturated carbocycles. The van der Waals surface area contributed by atoms with E-state index < -0.39 is 5.41 Å². The van der Waals surface area contributed by atoms with Gasteiger partial charge in [-0.15, -0.1) is 0 Å². The molecule has 0 fully saturated rings. The lowest BCUT2D eigenvalue weighted by molar-refractivity contribution is 0.436. The van der Waals surface area contributed by atoms with Crippen molar-refractivity contribution < 1.29 is 4.74 Å². The van der Waals surface area contributed by atoms with Crippen molar-refractivity contribution in [2.45, 2.75) is 5.41 Å². The van der Waals surface area contributed by atoms with Crippen molar-refractivity contribution in [3.8, 4) is 84.7 Å². The Morgan fingerprint density at radius 3 is 1.57 bits per heavy atom. The number of rotatable bonds is 6. The van der Waals surface area contributed by atoms with E-state index in [2.05, 4.69) is 223 Å². The van der Waals surface area contributed by atoms with Crippen LogP contribution in [0.3, 0.4) is 0 Å². The smallest absolute Gasteiger partial charge is 0.164 e. The van der Waals surface area contributed by atoms with Crippen LogP contribution in [0.25, 0.3) is 95.0 Å². The van der Waals surface area contributed by atoms with E-state index in [9.17, 15) is 0 Å². The Balaban J connectivity index is 1.04. The first kappa shape index (κ1) is 39.0. The molecule has 1 aliphatic heterocycles. The molecular weight excluding hydrogens is 841 g/mol. The molecule has 322 valence electrons. The summed E-state index contributed by atoms with van der Waals surface area (Å²) in [6, 6.07) is 86.2. The molecule has 0 unspecified atom stereocenters. The fourth-order valence-electron chi connectivity index (χ4n) is 11.2. The summed E-state index contributed by atoms with van der Waals surface area (Å²) in [6.07, 6.45) is 0. The van der Waals surface area contributed by atoms with Gasteiger partial charge in [-0.2, -0.15) is 0 Å². The van der Waals surface area contributed by atoms with Crippen molar-refractivity contribution in [2.24, 2.45) is 0 Å². The van der Waals surface area contributed by atoms with Gasteiger partial charge in [0.05, 0.1) is 16.4 Å². The average Bonchev–Trinajstić information content (AvgIpc) is 3.92. The Morgan fingerprint density at radius 1 is 0.333 bits per heavy atom. The molecule has 69 heavy (non-hydrogen) atoms. The second kappa shape index (κ2) is 15.4. The highest BCUT2D eigenvalue weighted by atomic mass is 16.5. The number of nitrogens with zero attached hydrogens (tertiary/aromatic N) is 4. The van der Waals surface area contributed by atoms with E-state index in [-0.39, 0.29) is 0 Å². The van der Waals surface area contributed by atoms with Crippen LogP contribution in [-0.4, -0.2) is 19.5 Å². The predicted octanol–water partition coefficient (Wildman–Crippen LogP) is 15.8. The molecule has 2 aromatic heterocycles. The highest BCUT2D eigenvalue weighted by Gasteiger charge is 2.52. The van der Waals surface area contributed by atoms with Gasteiger partial charge in [-0.05, 0) is 87.0 Å². The molecule has 12 aromatic rings. The van der Waals surface area contributed by atoms with Crippen LogP contribution in [0, 0.1) is 0 Å². The van der Waals surface area contributed by atoms with Gasteiger partial charge in [0.1, 0.15) is 11.5 Å². The molecule has 0 bridgehead atoms. The summed E-state index contributed by atoms with van der Waals surface area (Å²) in [5, 5.41) is 2.42. The summed E-state index contributed by atoms with van der Waals surface area (Å²) in [5.41, 5.74) is 16.9. The Kier molecular flexibility index (Phi) is 8.73. The number of hydrogen-bond acceptors (Lipinski definition) is 4. The Bertz CT molecular complexity index is 3930. The zero-order valence-corrected chi connectivity index (χ0v) is 37.3. The molecule has 10 aromatic carbocycles. The van der Waals surface area contributed by atoms with E-state index in [0.717, 1.165) is 83.9 Å². The summed E-state index contributed by atoms with van der Waals surface area (Å²) in [6.45, 7) is 0. The van der Waals surface area contributed by atoms with Gasteiger partial charge in [0.2, 0.25) is 0 Å². The summed E-state index contributed by atoms with van der Waals surface area (Å²) in [5.74, 6) is 3.52. The van der Waals surface area contributed by atoms with Crippen LogP contribution in [-0.2, 0) is 5.41 Å². The normalized spacial score (nSPS) is 12.9. The van der Waals surface area contributed by atoms with Crippen molar-refractivity contribution in [3.05, 3.63) is 265 Å². The number of ether oxygens (including phenoxy) is 1. The third-order valence-corrected chi connectivity index (χ3v) is 14.1. The average molecular weight is 881 g/mol. The lowest BCUT2D eigenvalue weighted by Gasteiger charge is -2.39. The van der Waals surface area contributed by atoms with E-state index in [1.54, 1.807) is 0 Å². The Hall–Kier alpha value is -9.19. The molecule has 0 radical (unpaired) electrons. The largest absolute Gasteiger partial charge is 0.457 e. The first-order chi connectivity index (χ1) is 34.2. The van der Waals surface area contributed by atoms with Crippen molar-refractivity contribution in [1.82, 2.24) is 19.5 Å². The summed E-state index contributed by atoms with van der Waals surface area (Å²) < 4.78 is 9.15. The van der Waals surface area contributed by atoms with Gasteiger partial charge in [0, 0.05) is 44.3 Å². The lowest BCUT2D eigenvalue weighted by atomic mass is 9.66. The van der Waals surface area contributed by atoms with Gasteiger partial charge in [0.25, 0.3) is 0 Å². The lowest BCUT2D eigenvalue weighted by Crippen LogP contribution is -2.32. The minimum Gasteiger partial charge on any atom is -0.457 e. The maximum Gasteiger partial charge on any atom is 0.164 e. The zero-order valence-electron chi connectivity index (χ0n) is 37.3. The molecule has 5 heteroatoms. The van der Waals surface area contributed by atoms with Crippen molar-refractivity contribution >= 4 is 21.8 Å². The van der Waals surface area contributed by atoms with Crippen LogP contribution in [0.5, 0.6) is 11.5 Å². The molecule has 5 nitrogen and oxygen atoms in total. The standard InChI is InChI=1S/C64H40N4O/c1-4-18-41(19-5-1)42-34-36-44(37-35-42)62-65-61(43-20-6-2-7-21-43)66-63(67-62)49-26-16-29-54-59(49)50-40-45(38-39-51(50)64(54)52-27-11-14-32-57(52)69-58-33-15-12-28-53(58)64)47-25-17-31-56-60(47)48-24-10-13-30-55(48)68(56)46-22-8-3-9-23-46/h1-40H. The van der Waals surface area contributed by atoms with E-state index in [0.29, 0.717) is 17.5 Å². The highest BCUT2D eigenvalue weighted by molar-refractivity contribution is 6.16. The maximum atomic E-state index is 6.76. The summed E-state index contributed by atoms with van der Waals surface area (Å²) in [7, 11) is 0. The van der Waals surface area contributed by atoms with E-state index >= 15 is 0 Å². The summed E-state index contributed by atoms with van der Waals surface area (Å²) in [4.78, 5) is 16.0. The van der Waals surface area contributed by atoms with E-state index in [1.165, 1.54) is 27.4 Å². The predicted molar refractivity (Wildman–Crippen MR) is 279 cm³/mol. The van der Waals surface area contributed by atoms with E-state index in [4.69, 9.17) is 19.7 Å². The molecule has 0 N–H and O–H groups in total. The van der Waals surface area contributed by atoms with Crippen LogP contribution in [0.4, 0.5) is 0 Å². The third kappa shape index (κ3) is 5.94. The fraction of sp³-hybridized carbons (Fsp3) is 0.0156. The first-order valence-corrected chi connectivity index (χ1v) is 23.4. The molecule has 0 atom stereocenters. The minimum atomic E-state index is -0.703. The second-order valence-corrected chi connectivity index (χ2v) is 17.8. The summed E-state index contributed by atoms with van der Waals surface area (Å²) >= 11 is 0. The van der Waals surface area contributed by atoms with Gasteiger partial charge in [-0.1, -0.05) is 200 Å². The van der Waals surface area contributed by atoms with Gasteiger partial charge < -0.3 is 9.30 Å². The van der Waals surface area contributed by atoms with Crippen molar-refractivity contribution in [3.63, 3.8) is 0 Å². The first-order valence-electron chi connectivity index (χ1n) is 23.4. The SMILES string of the molecule is c1ccc(-c2ccc(-c3nc(-c4ccccc4)nc(-c4cccc5c4-c4cc(-c6cccc7c6c6ccccc6n7-c6ccccc6)ccc4C54c5ccccc5Oc5ccccc54)n3)cc2)cc1. The number of hydrogen-bond donors (Lipinski definition) is 0. The second-order valence-electron chi connectivity index (χ2n) is 17.8. The molecule has 14 rings (SSSR count). The van der Waals surface area contributed by atoms with Crippen LogP contribution in [0.1, 0.15) is 22.3 Å². The van der Waals surface area contributed by atoms with Gasteiger partial charge in [0.15, 0.2) is 17.5 Å². The van der Waals surface area contributed by atoms with Gasteiger partial charge in [-0.3, -0.25) is 0 Å². The quantitative estimate of drug-likeness (QED) is 0.167. The van der Waals surface area contributed by atoms with Gasteiger partial charge >= 0.3 is 0 Å². The minimum absolute atomic E-state index is 0.609. The molecule has 1 spiro atoms. The molecule has 1 aliphatic carbocycles. The van der Waals surface area contributed by atoms with Crippen molar-refractivity contribution in [2.75, 3.05) is 0 Å². The third-order valence-electron chi connectivity index (χ3n) is 14.1. The van der Waals surface area contributed by atoms with Crippen LogP contribution in [0.2, 0.25) is 0 Å². The monoisotopic (exact) mass is 880 g/mol. The zero-order chi connectivity index (χ0) is 45.5. The Morgan fingerprint density at radius 2 is 0.841 bits per heavy atom. The number of fused-ring (bicyclic) bond motifs is 12. The maximum absolute atomic E-state index is 6.76. The number of benzene rings is 10. The topological polar surface area (TPSA) is 52.8 Å². The molecule has 3 heterocycles. The fourth-order valence-corrected chi connectivity index (χ4v) is 11.2. The van der Waals surface area contributed by atoms with Crippen LogP contribution < -0.4 is 4.74 Å². The van der Waals surface area contributed by atoms with E-state index in [1.807, 2.05) is 24.3 Å². The van der Waals surface area contributed by atoms with Crippen LogP contribution in [0.15, 0.2) is 243 Å². The molecular formula is C64H40N4O. The van der Waals surface area contributed by atoms with Gasteiger partial charge in [-0.25, -0.2) is 15.0 Å². The highest BCUT2D eigenvalue weighted by Crippen LogP contribution is 2.63. The van der Waals surface area contributed by atoms with Crippen LogP contribution >= 0.6 is 0 Å².